The van der Waals surface area contributed by atoms with Gasteiger partial charge in [0.05, 0.1) is 17.9 Å². The topological polar surface area (TPSA) is 75.7 Å². The van der Waals surface area contributed by atoms with Crippen LogP contribution in [0.3, 0.4) is 0 Å². The van der Waals surface area contributed by atoms with Crippen molar-refractivity contribution in [3.05, 3.63) is 59.7 Å². The zero-order valence-corrected chi connectivity index (χ0v) is 15.7. The molecule has 1 N–H and O–H groups in total. The molecule has 0 spiro atoms. The van der Waals surface area contributed by atoms with Crippen LogP contribution in [0.15, 0.2) is 48.5 Å². The van der Waals surface area contributed by atoms with Crippen molar-refractivity contribution in [2.24, 2.45) is 0 Å². The minimum absolute atomic E-state index is 0.129. The second kappa shape index (κ2) is 8.56. The fraction of sp³-hybridized carbons (Fsp3) is 0.211. The fourth-order valence-electron chi connectivity index (χ4n) is 2.58. The Hall–Kier alpha value is -3.01. The number of rotatable bonds is 6. The SMILES string of the molecule is O=C(COc1ccccc1C(F)(F)F)Nc1ccc(CN2C(=O)CSC2=O)cc1. The average molecular weight is 424 g/mol. The number of amides is 3. The number of carbonyl (C=O) groups is 3. The molecule has 0 bridgehead atoms. The number of nitrogens with one attached hydrogen (secondary N) is 1. The molecular weight excluding hydrogens is 409 g/mol. The summed E-state index contributed by atoms with van der Waals surface area (Å²) in [6, 6.07) is 11.0. The molecular formula is C19H15F3N2O4S. The molecule has 2 aromatic carbocycles. The predicted octanol–water partition coefficient (Wildman–Crippen LogP) is 3.92. The molecule has 0 aliphatic carbocycles. The zero-order chi connectivity index (χ0) is 21.0. The third kappa shape index (κ3) is 5.29. The molecule has 0 saturated carbocycles. The predicted molar refractivity (Wildman–Crippen MR) is 100 cm³/mol. The van der Waals surface area contributed by atoms with Crippen molar-refractivity contribution in [2.45, 2.75) is 12.7 Å². The van der Waals surface area contributed by atoms with E-state index in [4.69, 9.17) is 4.74 Å². The molecule has 152 valence electrons. The van der Waals surface area contributed by atoms with Crippen LogP contribution >= 0.6 is 11.8 Å². The molecule has 3 amide bonds. The van der Waals surface area contributed by atoms with Crippen molar-refractivity contribution in [1.29, 1.82) is 0 Å². The van der Waals surface area contributed by atoms with Gasteiger partial charge in [0, 0.05) is 5.69 Å². The number of halogens is 3. The number of hydrogen-bond donors (Lipinski definition) is 1. The van der Waals surface area contributed by atoms with Crippen LogP contribution in [0.1, 0.15) is 11.1 Å². The van der Waals surface area contributed by atoms with E-state index < -0.39 is 30.0 Å². The monoisotopic (exact) mass is 424 g/mol. The molecule has 1 aliphatic heterocycles. The molecule has 0 atom stereocenters. The first-order valence-electron chi connectivity index (χ1n) is 8.39. The lowest BCUT2D eigenvalue weighted by Crippen LogP contribution is -2.27. The quantitative estimate of drug-likeness (QED) is 0.761. The number of imide groups is 1. The van der Waals surface area contributed by atoms with Gasteiger partial charge in [-0.05, 0) is 29.8 Å². The summed E-state index contributed by atoms with van der Waals surface area (Å²) < 4.78 is 43.8. The lowest BCUT2D eigenvalue weighted by atomic mass is 10.2. The Morgan fingerprint density at radius 3 is 2.41 bits per heavy atom. The molecule has 1 heterocycles. The summed E-state index contributed by atoms with van der Waals surface area (Å²) in [6.45, 7) is -0.459. The summed E-state index contributed by atoms with van der Waals surface area (Å²) in [5.74, 6) is -1.18. The maximum Gasteiger partial charge on any atom is 0.419 e. The van der Waals surface area contributed by atoms with Gasteiger partial charge in [0.2, 0.25) is 5.91 Å². The van der Waals surface area contributed by atoms with E-state index >= 15 is 0 Å². The molecule has 29 heavy (non-hydrogen) atoms. The standard InChI is InChI=1S/C19H15F3N2O4S/c20-19(21,22)14-3-1-2-4-15(14)28-10-16(25)23-13-7-5-12(6-8-13)9-24-17(26)11-29-18(24)27/h1-8H,9-11H2,(H,23,25). The molecule has 1 fully saturated rings. The van der Waals surface area contributed by atoms with E-state index in [1.54, 1.807) is 24.3 Å². The number of carbonyl (C=O) groups excluding carboxylic acids is 3. The van der Waals surface area contributed by atoms with Crippen LogP contribution in [0, 0.1) is 0 Å². The Morgan fingerprint density at radius 1 is 1.10 bits per heavy atom. The second-order valence-electron chi connectivity index (χ2n) is 6.06. The van der Waals surface area contributed by atoms with Gasteiger partial charge in [0.15, 0.2) is 6.61 Å². The molecule has 2 aromatic rings. The van der Waals surface area contributed by atoms with Gasteiger partial charge in [-0.2, -0.15) is 13.2 Å². The largest absolute Gasteiger partial charge is 0.483 e. The van der Waals surface area contributed by atoms with Crippen molar-refractivity contribution < 1.29 is 32.3 Å². The highest BCUT2D eigenvalue weighted by Gasteiger charge is 2.34. The number of hydrogen-bond acceptors (Lipinski definition) is 5. The average Bonchev–Trinajstić information content (AvgIpc) is 2.99. The Balaban J connectivity index is 1.55. The lowest BCUT2D eigenvalue weighted by molar-refractivity contribution is -0.139. The molecule has 6 nitrogen and oxygen atoms in total. The molecule has 10 heteroatoms. The van der Waals surface area contributed by atoms with E-state index in [2.05, 4.69) is 5.32 Å². The zero-order valence-electron chi connectivity index (χ0n) is 14.9. The molecule has 0 radical (unpaired) electrons. The first kappa shape index (κ1) is 20.7. The van der Waals surface area contributed by atoms with Gasteiger partial charge in [-0.1, -0.05) is 36.0 Å². The van der Waals surface area contributed by atoms with Crippen molar-refractivity contribution in [3.8, 4) is 5.75 Å². The van der Waals surface area contributed by atoms with Crippen LogP contribution in [0.5, 0.6) is 5.75 Å². The van der Waals surface area contributed by atoms with Gasteiger partial charge in [0.25, 0.3) is 11.1 Å². The van der Waals surface area contributed by atoms with Gasteiger partial charge in [0.1, 0.15) is 5.75 Å². The first-order chi connectivity index (χ1) is 13.7. The number of para-hydroxylation sites is 1. The van der Waals surface area contributed by atoms with E-state index in [0.29, 0.717) is 11.3 Å². The third-order valence-electron chi connectivity index (χ3n) is 3.97. The minimum Gasteiger partial charge on any atom is -0.483 e. The van der Waals surface area contributed by atoms with Gasteiger partial charge >= 0.3 is 6.18 Å². The third-order valence-corrected chi connectivity index (χ3v) is 4.83. The Kier molecular flexibility index (Phi) is 6.12. The highest BCUT2D eigenvalue weighted by Crippen LogP contribution is 2.35. The van der Waals surface area contributed by atoms with Crippen molar-refractivity contribution >= 4 is 34.5 Å². The second-order valence-corrected chi connectivity index (χ2v) is 6.99. The van der Waals surface area contributed by atoms with Crippen LogP contribution in [-0.4, -0.2) is 34.3 Å². The normalized spacial score (nSPS) is 14.2. The van der Waals surface area contributed by atoms with E-state index in [1.165, 1.54) is 12.1 Å². The molecule has 1 aliphatic rings. The van der Waals surface area contributed by atoms with Crippen LogP contribution in [0.4, 0.5) is 23.7 Å². The molecule has 0 unspecified atom stereocenters. The van der Waals surface area contributed by atoms with Gasteiger partial charge in [-0.15, -0.1) is 0 Å². The summed E-state index contributed by atoms with van der Waals surface area (Å²) in [4.78, 5) is 36.3. The number of thioether (sulfide) groups is 1. The van der Waals surface area contributed by atoms with Crippen LogP contribution in [-0.2, 0) is 22.3 Å². The van der Waals surface area contributed by atoms with E-state index in [0.717, 1.165) is 28.8 Å². The number of ether oxygens (including phenoxy) is 1. The van der Waals surface area contributed by atoms with Gasteiger partial charge < -0.3 is 10.1 Å². The molecule has 3 rings (SSSR count). The summed E-state index contributed by atoms with van der Waals surface area (Å²) in [6.07, 6.45) is -4.58. The van der Waals surface area contributed by atoms with Gasteiger partial charge in [-0.3, -0.25) is 19.3 Å². The van der Waals surface area contributed by atoms with Gasteiger partial charge in [-0.25, -0.2) is 0 Å². The van der Waals surface area contributed by atoms with Crippen molar-refractivity contribution in [1.82, 2.24) is 4.90 Å². The Morgan fingerprint density at radius 2 is 1.79 bits per heavy atom. The van der Waals surface area contributed by atoms with E-state index in [9.17, 15) is 27.6 Å². The summed E-state index contributed by atoms with van der Waals surface area (Å²) in [5.41, 5.74) is 0.142. The highest BCUT2D eigenvalue weighted by atomic mass is 32.2. The Bertz CT molecular complexity index is 916. The Labute approximate surface area is 168 Å². The fourth-order valence-corrected chi connectivity index (χ4v) is 3.30. The van der Waals surface area contributed by atoms with Crippen molar-refractivity contribution in [3.63, 3.8) is 0 Å². The summed E-state index contributed by atoms with van der Waals surface area (Å²) in [5, 5.41) is 2.21. The molecule has 1 saturated heterocycles. The maximum absolute atomic E-state index is 12.9. The van der Waals surface area contributed by atoms with Crippen molar-refractivity contribution in [2.75, 3.05) is 17.7 Å². The summed E-state index contributed by atoms with van der Waals surface area (Å²) >= 11 is 0.946. The maximum atomic E-state index is 12.9. The lowest BCUT2D eigenvalue weighted by Gasteiger charge is -2.14. The minimum atomic E-state index is -4.58. The van der Waals surface area contributed by atoms with E-state index in [-0.39, 0.29) is 23.4 Å². The van der Waals surface area contributed by atoms with E-state index in [1.807, 2.05) is 0 Å². The summed E-state index contributed by atoms with van der Waals surface area (Å²) in [7, 11) is 0. The van der Waals surface area contributed by atoms with Crippen LogP contribution < -0.4 is 10.1 Å². The number of alkyl halides is 3. The first-order valence-corrected chi connectivity index (χ1v) is 9.37. The number of benzene rings is 2. The van der Waals surface area contributed by atoms with Crippen LogP contribution in [0.2, 0.25) is 0 Å². The number of anilines is 1. The highest BCUT2D eigenvalue weighted by molar-refractivity contribution is 8.14. The molecule has 0 aromatic heterocycles. The van der Waals surface area contributed by atoms with Crippen LogP contribution in [0.25, 0.3) is 0 Å². The smallest absolute Gasteiger partial charge is 0.419 e. The number of nitrogens with zero attached hydrogens (tertiary/aromatic N) is 1.